The Labute approximate surface area is 152 Å². The monoisotopic (exact) mass is 344 g/mol. The SMILES string of the molecule is C/C=C(\CO)C(=O)Oc1ccc(C2CCC(CCCCC)CC2)cc1. The lowest BCUT2D eigenvalue weighted by Gasteiger charge is -2.29. The molecule has 1 aliphatic rings. The number of aliphatic hydroxyl groups is 1. The van der Waals surface area contributed by atoms with Crippen molar-refractivity contribution in [1.82, 2.24) is 0 Å². The van der Waals surface area contributed by atoms with Gasteiger partial charge in [-0.15, -0.1) is 0 Å². The third-order valence-corrected chi connectivity index (χ3v) is 5.41. The first-order valence-corrected chi connectivity index (χ1v) is 9.76. The molecular formula is C22H32O3. The van der Waals surface area contributed by atoms with Gasteiger partial charge < -0.3 is 9.84 Å². The summed E-state index contributed by atoms with van der Waals surface area (Å²) in [7, 11) is 0. The van der Waals surface area contributed by atoms with Gasteiger partial charge in [-0.2, -0.15) is 0 Å². The third kappa shape index (κ3) is 6.00. The lowest BCUT2D eigenvalue weighted by atomic mass is 9.77. The lowest BCUT2D eigenvalue weighted by molar-refractivity contribution is -0.130. The molecule has 0 bridgehead atoms. The first-order valence-electron chi connectivity index (χ1n) is 9.76. The molecule has 0 radical (unpaired) electrons. The van der Waals surface area contributed by atoms with Crippen molar-refractivity contribution in [3.8, 4) is 5.75 Å². The maximum atomic E-state index is 11.9. The Kier molecular flexibility index (Phi) is 8.20. The van der Waals surface area contributed by atoms with Crippen LogP contribution in [0.2, 0.25) is 0 Å². The van der Waals surface area contributed by atoms with Crippen LogP contribution in [0.5, 0.6) is 5.75 Å². The fraction of sp³-hybridized carbons (Fsp3) is 0.591. The number of esters is 1. The van der Waals surface area contributed by atoms with Crippen molar-refractivity contribution in [1.29, 1.82) is 0 Å². The first-order chi connectivity index (χ1) is 12.2. The van der Waals surface area contributed by atoms with Crippen molar-refractivity contribution in [2.45, 2.75) is 71.1 Å². The summed E-state index contributed by atoms with van der Waals surface area (Å²) < 4.78 is 5.31. The Morgan fingerprint density at radius 2 is 1.84 bits per heavy atom. The highest BCUT2D eigenvalue weighted by atomic mass is 16.5. The van der Waals surface area contributed by atoms with Crippen LogP contribution in [-0.2, 0) is 4.79 Å². The summed E-state index contributed by atoms with van der Waals surface area (Å²) in [6.45, 7) is 3.68. The van der Waals surface area contributed by atoms with Crippen LogP contribution in [0.25, 0.3) is 0 Å². The molecule has 1 N–H and O–H groups in total. The minimum atomic E-state index is -0.481. The first kappa shape index (κ1) is 19.7. The van der Waals surface area contributed by atoms with Crippen LogP contribution >= 0.6 is 0 Å². The van der Waals surface area contributed by atoms with E-state index >= 15 is 0 Å². The number of benzene rings is 1. The minimum Gasteiger partial charge on any atom is -0.423 e. The maximum absolute atomic E-state index is 11.9. The molecule has 1 fully saturated rings. The van der Waals surface area contributed by atoms with Gasteiger partial charge >= 0.3 is 5.97 Å². The molecule has 0 aliphatic heterocycles. The molecule has 1 aromatic rings. The summed E-state index contributed by atoms with van der Waals surface area (Å²) in [4.78, 5) is 11.9. The number of aliphatic hydroxyl groups excluding tert-OH is 1. The van der Waals surface area contributed by atoms with Gasteiger partial charge in [-0.3, -0.25) is 0 Å². The van der Waals surface area contributed by atoms with E-state index in [1.807, 2.05) is 12.1 Å². The van der Waals surface area contributed by atoms with Crippen LogP contribution in [0.15, 0.2) is 35.9 Å². The second kappa shape index (κ2) is 10.4. The molecule has 0 unspecified atom stereocenters. The second-order valence-electron chi connectivity index (χ2n) is 7.14. The van der Waals surface area contributed by atoms with Crippen LogP contribution in [0, 0.1) is 5.92 Å². The number of rotatable bonds is 8. The molecular weight excluding hydrogens is 312 g/mol. The van der Waals surface area contributed by atoms with Crippen molar-refractivity contribution < 1.29 is 14.6 Å². The smallest absolute Gasteiger partial charge is 0.341 e. The Balaban J connectivity index is 1.83. The standard InChI is InChI=1S/C22H32O3/c1-3-5-6-7-17-8-10-19(11-9-17)20-12-14-21(15-13-20)25-22(24)18(4-2)16-23/h4,12-15,17,19,23H,3,5-11,16H2,1-2H3/b18-4+. The molecule has 0 atom stereocenters. The highest BCUT2D eigenvalue weighted by Crippen LogP contribution is 2.38. The molecule has 0 aromatic heterocycles. The van der Waals surface area contributed by atoms with E-state index in [0.29, 0.717) is 11.7 Å². The number of hydrogen-bond donors (Lipinski definition) is 1. The van der Waals surface area contributed by atoms with Gasteiger partial charge in [0.2, 0.25) is 0 Å². The van der Waals surface area contributed by atoms with Gasteiger partial charge in [-0.25, -0.2) is 4.79 Å². The number of allylic oxidation sites excluding steroid dienone is 1. The third-order valence-electron chi connectivity index (χ3n) is 5.41. The van der Waals surface area contributed by atoms with Crippen LogP contribution in [0.4, 0.5) is 0 Å². The van der Waals surface area contributed by atoms with Crippen LogP contribution in [0.1, 0.15) is 76.7 Å². The Hall–Kier alpha value is -1.61. The number of hydrogen-bond acceptors (Lipinski definition) is 3. The van der Waals surface area contributed by atoms with Crippen LogP contribution < -0.4 is 4.74 Å². The average Bonchev–Trinajstić information content (AvgIpc) is 2.64. The molecule has 1 aliphatic carbocycles. The predicted molar refractivity (Wildman–Crippen MR) is 102 cm³/mol. The van der Waals surface area contributed by atoms with E-state index in [2.05, 4.69) is 19.1 Å². The molecule has 138 valence electrons. The number of carbonyl (C=O) groups excluding carboxylic acids is 1. The van der Waals surface area contributed by atoms with Gasteiger partial charge in [0.05, 0.1) is 12.2 Å². The summed E-state index contributed by atoms with van der Waals surface area (Å²) in [5.41, 5.74) is 1.63. The van der Waals surface area contributed by atoms with Crippen molar-refractivity contribution >= 4 is 5.97 Å². The topological polar surface area (TPSA) is 46.5 Å². The zero-order valence-corrected chi connectivity index (χ0v) is 15.7. The molecule has 3 heteroatoms. The van der Waals surface area contributed by atoms with E-state index in [0.717, 1.165) is 5.92 Å². The summed E-state index contributed by atoms with van der Waals surface area (Å²) in [5.74, 6) is 1.61. The van der Waals surface area contributed by atoms with Crippen LogP contribution in [0.3, 0.4) is 0 Å². The van der Waals surface area contributed by atoms with E-state index in [1.165, 1.54) is 56.9 Å². The number of carbonyl (C=O) groups is 1. The highest BCUT2D eigenvalue weighted by molar-refractivity contribution is 5.90. The van der Waals surface area contributed by atoms with E-state index in [9.17, 15) is 4.79 Å². The zero-order valence-electron chi connectivity index (χ0n) is 15.7. The molecule has 0 spiro atoms. The van der Waals surface area contributed by atoms with Gasteiger partial charge in [0.25, 0.3) is 0 Å². The molecule has 0 saturated heterocycles. The zero-order chi connectivity index (χ0) is 18.1. The lowest BCUT2D eigenvalue weighted by Crippen LogP contribution is -2.14. The maximum Gasteiger partial charge on any atom is 0.341 e. The quantitative estimate of drug-likeness (QED) is 0.298. The van der Waals surface area contributed by atoms with Crippen molar-refractivity contribution in [3.63, 3.8) is 0 Å². The normalized spacial score (nSPS) is 21.2. The Bertz CT molecular complexity index is 551. The molecule has 0 heterocycles. The fourth-order valence-electron chi connectivity index (χ4n) is 3.72. The fourth-order valence-corrected chi connectivity index (χ4v) is 3.72. The van der Waals surface area contributed by atoms with E-state index in [-0.39, 0.29) is 12.2 Å². The number of unbranched alkanes of at least 4 members (excludes halogenated alkanes) is 2. The molecule has 1 saturated carbocycles. The summed E-state index contributed by atoms with van der Waals surface area (Å²) in [6.07, 6.45) is 12.2. The molecule has 3 nitrogen and oxygen atoms in total. The van der Waals surface area contributed by atoms with Gasteiger partial charge in [0.15, 0.2) is 0 Å². The predicted octanol–water partition coefficient (Wildman–Crippen LogP) is 5.38. The molecule has 25 heavy (non-hydrogen) atoms. The van der Waals surface area contributed by atoms with E-state index < -0.39 is 5.97 Å². The largest absolute Gasteiger partial charge is 0.423 e. The molecule has 1 aromatic carbocycles. The number of ether oxygens (including phenoxy) is 1. The van der Waals surface area contributed by atoms with Crippen molar-refractivity contribution in [2.24, 2.45) is 5.92 Å². The van der Waals surface area contributed by atoms with Crippen LogP contribution in [-0.4, -0.2) is 17.7 Å². The van der Waals surface area contributed by atoms with Gasteiger partial charge in [-0.05, 0) is 62.1 Å². The second-order valence-corrected chi connectivity index (χ2v) is 7.14. The summed E-state index contributed by atoms with van der Waals surface area (Å²) in [6, 6.07) is 7.90. The van der Waals surface area contributed by atoms with E-state index in [4.69, 9.17) is 9.84 Å². The van der Waals surface area contributed by atoms with Crippen molar-refractivity contribution in [3.05, 3.63) is 41.5 Å². The van der Waals surface area contributed by atoms with Crippen molar-refractivity contribution in [2.75, 3.05) is 6.61 Å². The molecule has 0 amide bonds. The minimum absolute atomic E-state index is 0.283. The molecule has 2 rings (SSSR count). The summed E-state index contributed by atoms with van der Waals surface area (Å²) >= 11 is 0. The Morgan fingerprint density at radius 3 is 2.40 bits per heavy atom. The average molecular weight is 344 g/mol. The summed E-state index contributed by atoms with van der Waals surface area (Å²) in [5, 5.41) is 9.11. The van der Waals surface area contributed by atoms with Gasteiger partial charge in [0.1, 0.15) is 5.75 Å². The van der Waals surface area contributed by atoms with Gasteiger partial charge in [0, 0.05) is 0 Å². The van der Waals surface area contributed by atoms with Gasteiger partial charge in [-0.1, -0.05) is 50.8 Å². The highest BCUT2D eigenvalue weighted by Gasteiger charge is 2.22. The Morgan fingerprint density at radius 1 is 1.16 bits per heavy atom. The van der Waals surface area contributed by atoms with E-state index in [1.54, 1.807) is 13.0 Å².